The fraction of sp³-hybridized carbons (Fsp3) is 0.217. The highest BCUT2D eigenvalue weighted by Crippen LogP contribution is 2.31. The Hall–Kier alpha value is -2.90. The van der Waals surface area contributed by atoms with E-state index >= 15 is 0 Å². The molecule has 0 saturated heterocycles. The Kier molecular flexibility index (Phi) is 5.16. The Morgan fingerprint density at radius 1 is 1.06 bits per heavy atom. The van der Waals surface area contributed by atoms with Crippen molar-refractivity contribution in [2.24, 2.45) is 0 Å². The molecule has 8 heteroatoms. The smallest absolute Gasteiger partial charge is 0.226 e. The zero-order valence-corrected chi connectivity index (χ0v) is 18.9. The van der Waals surface area contributed by atoms with E-state index in [1.807, 2.05) is 49.4 Å². The molecule has 0 spiro atoms. The summed E-state index contributed by atoms with van der Waals surface area (Å²) in [6.07, 6.45) is 0. The van der Waals surface area contributed by atoms with Crippen LogP contribution in [0.4, 0.5) is 0 Å². The van der Waals surface area contributed by atoms with Crippen molar-refractivity contribution in [3.63, 3.8) is 0 Å². The van der Waals surface area contributed by atoms with Crippen LogP contribution in [0.15, 0.2) is 58.0 Å². The summed E-state index contributed by atoms with van der Waals surface area (Å²) in [4.78, 5) is 9.56. The second-order valence-corrected chi connectivity index (χ2v) is 9.00. The third kappa shape index (κ3) is 3.68. The molecular weight excluding hydrogens is 430 g/mol. The molecule has 3 heterocycles. The molecule has 0 N–H and O–H groups in total. The number of nitrogens with zero attached hydrogens (tertiary/aromatic N) is 5. The lowest BCUT2D eigenvalue weighted by molar-refractivity contribution is 0.540. The van der Waals surface area contributed by atoms with E-state index in [0.29, 0.717) is 16.7 Å². The molecule has 5 aromatic rings. The average molecular weight is 450 g/mol. The number of aromatic nitrogens is 5. The minimum Gasteiger partial charge on any atom is -0.441 e. The van der Waals surface area contributed by atoms with Gasteiger partial charge in [0, 0.05) is 22.3 Å². The highest BCUT2D eigenvalue weighted by atomic mass is 35.5. The number of rotatable bonds is 5. The summed E-state index contributed by atoms with van der Waals surface area (Å²) < 4.78 is 8.01. The van der Waals surface area contributed by atoms with Crippen molar-refractivity contribution in [1.82, 2.24) is 24.6 Å². The summed E-state index contributed by atoms with van der Waals surface area (Å²) in [5, 5.41) is 10.4. The summed E-state index contributed by atoms with van der Waals surface area (Å²) in [5.74, 6) is 3.13. The Morgan fingerprint density at radius 3 is 2.71 bits per heavy atom. The van der Waals surface area contributed by atoms with Gasteiger partial charge in [-0.2, -0.15) is 0 Å². The molecule has 0 unspecified atom stereocenters. The lowest BCUT2D eigenvalue weighted by Gasteiger charge is -2.09. The molecule has 5 rings (SSSR count). The lowest BCUT2D eigenvalue weighted by Crippen LogP contribution is -2.01. The predicted octanol–water partition coefficient (Wildman–Crippen LogP) is 6.31. The van der Waals surface area contributed by atoms with Crippen molar-refractivity contribution in [3.8, 4) is 11.5 Å². The molecule has 0 bridgehead atoms. The molecular formula is C23H20ClN5OS. The molecule has 0 fully saturated rings. The number of hydrogen-bond donors (Lipinski definition) is 0. The summed E-state index contributed by atoms with van der Waals surface area (Å²) in [6, 6.07) is 15.6. The van der Waals surface area contributed by atoms with Gasteiger partial charge < -0.3 is 4.42 Å². The minimum absolute atomic E-state index is 0.247. The van der Waals surface area contributed by atoms with Gasteiger partial charge in [0.2, 0.25) is 5.89 Å². The van der Waals surface area contributed by atoms with E-state index in [1.165, 1.54) is 0 Å². The topological polar surface area (TPSA) is 69.1 Å². The number of benzene rings is 2. The van der Waals surface area contributed by atoms with Crippen molar-refractivity contribution >= 4 is 40.0 Å². The van der Waals surface area contributed by atoms with Crippen LogP contribution in [-0.2, 0) is 5.75 Å². The Labute approximate surface area is 188 Å². The van der Waals surface area contributed by atoms with Gasteiger partial charge in [0.05, 0.1) is 16.7 Å². The molecule has 0 aliphatic heterocycles. The van der Waals surface area contributed by atoms with Crippen molar-refractivity contribution < 1.29 is 4.42 Å². The monoisotopic (exact) mass is 449 g/mol. The van der Waals surface area contributed by atoms with Gasteiger partial charge in [0.25, 0.3) is 0 Å². The Morgan fingerprint density at radius 2 is 1.90 bits per heavy atom. The van der Waals surface area contributed by atoms with Gasteiger partial charge in [-0.05, 0) is 37.3 Å². The van der Waals surface area contributed by atoms with Gasteiger partial charge in [0.15, 0.2) is 5.65 Å². The van der Waals surface area contributed by atoms with Crippen LogP contribution in [-0.4, -0.2) is 24.6 Å². The van der Waals surface area contributed by atoms with E-state index in [0.717, 1.165) is 44.5 Å². The molecule has 2 aromatic carbocycles. The number of fused-ring (bicyclic) bond motifs is 3. The van der Waals surface area contributed by atoms with E-state index in [4.69, 9.17) is 26.0 Å². The fourth-order valence-electron chi connectivity index (χ4n) is 3.49. The minimum atomic E-state index is 0.247. The third-order valence-corrected chi connectivity index (χ3v) is 6.25. The van der Waals surface area contributed by atoms with Crippen LogP contribution in [0, 0.1) is 6.92 Å². The number of oxazole rings is 1. The summed E-state index contributed by atoms with van der Waals surface area (Å²) in [5.41, 5.74) is 4.42. The number of thioether (sulfide) groups is 1. The fourth-order valence-corrected chi connectivity index (χ4v) is 4.65. The first-order valence-corrected chi connectivity index (χ1v) is 11.4. The number of aryl methyl sites for hydroxylation is 1. The second-order valence-electron chi connectivity index (χ2n) is 7.60. The van der Waals surface area contributed by atoms with E-state index in [1.54, 1.807) is 11.8 Å². The third-order valence-electron chi connectivity index (χ3n) is 5.05. The van der Waals surface area contributed by atoms with Crippen LogP contribution in [0.2, 0.25) is 5.02 Å². The highest BCUT2D eigenvalue weighted by Gasteiger charge is 2.19. The van der Waals surface area contributed by atoms with E-state index in [2.05, 4.69) is 34.5 Å². The van der Waals surface area contributed by atoms with Gasteiger partial charge in [-0.15, -0.1) is 10.2 Å². The zero-order chi connectivity index (χ0) is 21.5. The normalized spacial score (nSPS) is 11.8. The predicted molar refractivity (Wildman–Crippen MR) is 124 cm³/mol. The first-order chi connectivity index (χ1) is 15.0. The number of halogens is 1. The summed E-state index contributed by atoms with van der Waals surface area (Å²) in [7, 11) is 0. The van der Waals surface area contributed by atoms with Gasteiger partial charge >= 0.3 is 0 Å². The van der Waals surface area contributed by atoms with Crippen molar-refractivity contribution in [3.05, 3.63) is 70.8 Å². The maximum Gasteiger partial charge on any atom is 0.226 e. The van der Waals surface area contributed by atoms with Crippen molar-refractivity contribution in [2.75, 3.05) is 0 Å². The largest absolute Gasteiger partial charge is 0.441 e. The average Bonchev–Trinajstić information content (AvgIpc) is 3.36. The molecule has 6 nitrogen and oxygen atoms in total. The number of para-hydroxylation sites is 2. The molecule has 0 saturated carbocycles. The van der Waals surface area contributed by atoms with E-state index < -0.39 is 0 Å². The van der Waals surface area contributed by atoms with Crippen LogP contribution in [0.3, 0.4) is 0 Å². The second kappa shape index (κ2) is 7.98. The molecule has 0 radical (unpaired) electrons. The molecule has 156 valence electrons. The Balaban J connectivity index is 1.51. The lowest BCUT2D eigenvalue weighted by atomic mass is 10.2. The van der Waals surface area contributed by atoms with Gasteiger partial charge in [-0.1, -0.05) is 55.4 Å². The van der Waals surface area contributed by atoms with Gasteiger partial charge in [0.1, 0.15) is 16.6 Å². The van der Waals surface area contributed by atoms with Crippen molar-refractivity contribution in [2.45, 2.75) is 37.5 Å². The SMILES string of the molecule is Cc1oc(-c2cccc(Cl)c2)nc1CSc1nc2ccccc2n2c(C(C)C)nnc12. The van der Waals surface area contributed by atoms with Crippen LogP contribution in [0.5, 0.6) is 0 Å². The first-order valence-electron chi connectivity index (χ1n) is 10.00. The van der Waals surface area contributed by atoms with Crippen LogP contribution in [0.25, 0.3) is 28.1 Å². The Bertz CT molecular complexity index is 1410. The molecule has 0 atom stereocenters. The standard InChI is InChI=1S/C23H20ClN5OS/c1-13(2)20-27-28-21-23(26-17-9-4-5-10-19(17)29(20)21)31-12-18-14(3)30-22(25-18)15-7-6-8-16(24)11-15/h4-11,13H,12H2,1-3H3. The molecule has 0 amide bonds. The summed E-state index contributed by atoms with van der Waals surface area (Å²) in [6.45, 7) is 6.16. The number of hydrogen-bond acceptors (Lipinski definition) is 6. The van der Waals surface area contributed by atoms with Gasteiger partial charge in [-0.3, -0.25) is 4.40 Å². The quantitative estimate of drug-likeness (QED) is 0.293. The maximum absolute atomic E-state index is 6.11. The maximum atomic E-state index is 6.11. The molecule has 3 aromatic heterocycles. The van der Waals surface area contributed by atoms with E-state index in [-0.39, 0.29) is 5.92 Å². The van der Waals surface area contributed by atoms with Crippen LogP contribution in [0.1, 0.15) is 37.0 Å². The van der Waals surface area contributed by atoms with Gasteiger partial charge in [-0.25, -0.2) is 9.97 Å². The first kappa shape index (κ1) is 20.0. The highest BCUT2D eigenvalue weighted by molar-refractivity contribution is 7.98. The van der Waals surface area contributed by atoms with Crippen LogP contribution >= 0.6 is 23.4 Å². The van der Waals surface area contributed by atoms with Crippen LogP contribution < -0.4 is 0 Å². The molecule has 31 heavy (non-hydrogen) atoms. The zero-order valence-electron chi connectivity index (χ0n) is 17.3. The molecule has 0 aliphatic rings. The summed E-state index contributed by atoms with van der Waals surface area (Å²) >= 11 is 7.70. The van der Waals surface area contributed by atoms with Crippen molar-refractivity contribution in [1.29, 1.82) is 0 Å². The van der Waals surface area contributed by atoms with E-state index in [9.17, 15) is 0 Å². The molecule has 0 aliphatic carbocycles.